The Bertz CT molecular complexity index is 164. The first-order valence-electron chi connectivity index (χ1n) is 4.04. The number of rotatable bonds is 3. The van der Waals surface area contributed by atoms with Crippen LogP contribution in [0.1, 0.15) is 20.3 Å². The van der Waals surface area contributed by atoms with E-state index in [1.54, 1.807) is 6.92 Å². The Morgan fingerprint density at radius 2 is 2.08 bits per heavy atom. The van der Waals surface area contributed by atoms with E-state index in [9.17, 15) is 4.79 Å². The normalized spacial score (nSPS) is 21.2. The third kappa shape index (κ3) is 3.13. The lowest BCUT2D eigenvalue weighted by Crippen LogP contribution is -2.26. The highest BCUT2D eigenvalue weighted by atomic mass is 32.2. The SMILES string of the molecule is CC(=O)SCCC1(C)OCCO1. The molecule has 0 aromatic heterocycles. The predicted octanol–water partition coefficient (Wildman–Crippen LogP) is 1.42. The van der Waals surface area contributed by atoms with Gasteiger partial charge in [-0.2, -0.15) is 0 Å². The molecule has 0 saturated carbocycles. The lowest BCUT2D eigenvalue weighted by Gasteiger charge is -2.21. The summed E-state index contributed by atoms with van der Waals surface area (Å²) in [6.07, 6.45) is 0.775. The van der Waals surface area contributed by atoms with E-state index in [1.165, 1.54) is 11.8 Å². The second kappa shape index (κ2) is 4.25. The quantitative estimate of drug-likeness (QED) is 0.674. The summed E-state index contributed by atoms with van der Waals surface area (Å²) in [5.41, 5.74) is 0. The molecule has 70 valence electrons. The van der Waals surface area contributed by atoms with E-state index in [1.807, 2.05) is 6.92 Å². The molecule has 1 rings (SSSR count). The number of thioether (sulfide) groups is 1. The minimum absolute atomic E-state index is 0.150. The van der Waals surface area contributed by atoms with Crippen molar-refractivity contribution in [1.29, 1.82) is 0 Å². The molecule has 0 amide bonds. The second-order valence-corrected chi connectivity index (χ2v) is 4.19. The summed E-state index contributed by atoms with van der Waals surface area (Å²) in [6.45, 7) is 4.83. The van der Waals surface area contributed by atoms with Gasteiger partial charge in [0, 0.05) is 19.1 Å². The second-order valence-electron chi connectivity index (χ2n) is 2.92. The molecule has 0 aromatic rings. The minimum atomic E-state index is -0.442. The molecule has 4 heteroatoms. The Labute approximate surface area is 76.8 Å². The largest absolute Gasteiger partial charge is 0.348 e. The van der Waals surface area contributed by atoms with Gasteiger partial charge in [-0.3, -0.25) is 4.79 Å². The van der Waals surface area contributed by atoms with Gasteiger partial charge in [0.1, 0.15) is 0 Å². The molecule has 0 bridgehead atoms. The van der Waals surface area contributed by atoms with Crippen molar-refractivity contribution >= 4 is 16.9 Å². The van der Waals surface area contributed by atoms with Crippen molar-refractivity contribution in [3.8, 4) is 0 Å². The van der Waals surface area contributed by atoms with Gasteiger partial charge in [0.25, 0.3) is 0 Å². The number of ether oxygens (including phenoxy) is 2. The molecule has 1 aliphatic rings. The summed E-state index contributed by atoms with van der Waals surface area (Å²) in [7, 11) is 0. The summed E-state index contributed by atoms with van der Waals surface area (Å²) >= 11 is 1.32. The van der Waals surface area contributed by atoms with Crippen LogP contribution < -0.4 is 0 Å². The van der Waals surface area contributed by atoms with E-state index in [-0.39, 0.29) is 5.12 Å². The lowest BCUT2D eigenvalue weighted by molar-refractivity contribution is -0.142. The molecular formula is C8H14O3S. The van der Waals surface area contributed by atoms with E-state index in [4.69, 9.17) is 9.47 Å². The van der Waals surface area contributed by atoms with Crippen molar-refractivity contribution < 1.29 is 14.3 Å². The van der Waals surface area contributed by atoms with Gasteiger partial charge < -0.3 is 9.47 Å². The Balaban J connectivity index is 2.17. The fraction of sp³-hybridized carbons (Fsp3) is 0.875. The Kier molecular flexibility index (Phi) is 3.55. The average Bonchev–Trinajstić information content (AvgIpc) is 2.35. The van der Waals surface area contributed by atoms with Gasteiger partial charge in [-0.05, 0) is 6.92 Å². The van der Waals surface area contributed by atoms with Crippen LogP contribution in [0.3, 0.4) is 0 Å². The molecule has 0 unspecified atom stereocenters. The lowest BCUT2D eigenvalue weighted by atomic mass is 10.2. The monoisotopic (exact) mass is 190 g/mol. The van der Waals surface area contributed by atoms with Crippen LogP contribution in [0.2, 0.25) is 0 Å². The van der Waals surface area contributed by atoms with Gasteiger partial charge in [-0.15, -0.1) is 0 Å². The van der Waals surface area contributed by atoms with Crippen LogP contribution in [0, 0.1) is 0 Å². The molecule has 1 saturated heterocycles. The molecule has 0 aromatic carbocycles. The number of carbonyl (C=O) groups excluding carboxylic acids is 1. The maximum absolute atomic E-state index is 10.6. The summed E-state index contributed by atoms with van der Waals surface area (Å²) in [5.74, 6) is 0.328. The van der Waals surface area contributed by atoms with Gasteiger partial charge in [0.2, 0.25) is 0 Å². The summed E-state index contributed by atoms with van der Waals surface area (Å²) in [4.78, 5) is 10.6. The fourth-order valence-corrected chi connectivity index (χ4v) is 1.84. The van der Waals surface area contributed by atoms with E-state index in [2.05, 4.69) is 0 Å². The van der Waals surface area contributed by atoms with E-state index in [0.29, 0.717) is 13.2 Å². The molecule has 0 atom stereocenters. The van der Waals surface area contributed by atoms with Crippen LogP contribution in [0.25, 0.3) is 0 Å². The number of hydrogen-bond acceptors (Lipinski definition) is 4. The van der Waals surface area contributed by atoms with Crippen LogP contribution in [-0.2, 0) is 14.3 Å². The molecule has 1 heterocycles. The summed E-state index contributed by atoms with van der Waals surface area (Å²) in [6, 6.07) is 0. The van der Waals surface area contributed by atoms with Crippen LogP contribution in [0.5, 0.6) is 0 Å². The smallest absolute Gasteiger partial charge is 0.185 e. The first kappa shape index (κ1) is 10.0. The summed E-state index contributed by atoms with van der Waals surface area (Å²) < 4.78 is 10.8. The third-order valence-electron chi connectivity index (χ3n) is 1.76. The van der Waals surface area contributed by atoms with Gasteiger partial charge >= 0.3 is 0 Å². The predicted molar refractivity (Wildman–Crippen MR) is 48.1 cm³/mol. The van der Waals surface area contributed by atoms with Crippen LogP contribution in [-0.4, -0.2) is 29.9 Å². The van der Waals surface area contributed by atoms with Gasteiger partial charge in [0.05, 0.1) is 13.2 Å². The Hall–Kier alpha value is -0.0600. The molecule has 12 heavy (non-hydrogen) atoms. The van der Waals surface area contributed by atoms with Crippen LogP contribution in [0.4, 0.5) is 0 Å². The van der Waals surface area contributed by atoms with E-state index in [0.717, 1.165) is 12.2 Å². The van der Waals surface area contributed by atoms with Crippen molar-refractivity contribution in [3.05, 3.63) is 0 Å². The maximum Gasteiger partial charge on any atom is 0.185 e. The summed E-state index contributed by atoms with van der Waals surface area (Å²) in [5, 5.41) is 0.150. The molecule has 1 aliphatic heterocycles. The molecule has 3 nitrogen and oxygen atoms in total. The molecule has 0 spiro atoms. The standard InChI is InChI=1S/C8H14O3S/c1-7(9)12-6-3-8(2)10-4-5-11-8/h3-6H2,1-2H3. The molecule has 0 aliphatic carbocycles. The number of hydrogen-bond donors (Lipinski definition) is 0. The van der Waals surface area contributed by atoms with Crippen molar-refractivity contribution in [3.63, 3.8) is 0 Å². The zero-order valence-electron chi connectivity index (χ0n) is 7.46. The molecular weight excluding hydrogens is 176 g/mol. The average molecular weight is 190 g/mol. The van der Waals surface area contributed by atoms with Gasteiger partial charge in [-0.1, -0.05) is 11.8 Å². The highest BCUT2D eigenvalue weighted by Crippen LogP contribution is 2.24. The molecule has 0 N–H and O–H groups in total. The van der Waals surface area contributed by atoms with Gasteiger partial charge in [0.15, 0.2) is 10.9 Å². The highest BCUT2D eigenvalue weighted by molar-refractivity contribution is 8.13. The van der Waals surface area contributed by atoms with Gasteiger partial charge in [-0.25, -0.2) is 0 Å². The topological polar surface area (TPSA) is 35.5 Å². The Morgan fingerprint density at radius 1 is 1.50 bits per heavy atom. The van der Waals surface area contributed by atoms with Crippen LogP contribution >= 0.6 is 11.8 Å². The first-order valence-corrected chi connectivity index (χ1v) is 5.02. The minimum Gasteiger partial charge on any atom is -0.348 e. The van der Waals surface area contributed by atoms with E-state index < -0.39 is 5.79 Å². The zero-order chi connectivity index (χ0) is 9.03. The van der Waals surface area contributed by atoms with Crippen molar-refractivity contribution in [1.82, 2.24) is 0 Å². The Morgan fingerprint density at radius 3 is 2.58 bits per heavy atom. The highest BCUT2D eigenvalue weighted by Gasteiger charge is 2.30. The molecule has 0 radical (unpaired) electrons. The van der Waals surface area contributed by atoms with Crippen molar-refractivity contribution in [2.24, 2.45) is 0 Å². The fourth-order valence-electron chi connectivity index (χ4n) is 1.08. The molecule has 1 fully saturated rings. The third-order valence-corrected chi connectivity index (χ3v) is 2.57. The zero-order valence-corrected chi connectivity index (χ0v) is 8.28. The van der Waals surface area contributed by atoms with Crippen LogP contribution in [0.15, 0.2) is 0 Å². The maximum atomic E-state index is 10.6. The van der Waals surface area contributed by atoms with Crippen molar-refractivity contribution in [2.75, 3.05) is 19.0 Å². The van der Waals surface area contributed by atoms with E-state index >= 15 is 0 Å². The number of carbonyl (C=O) groups is 1. The van der Waals surface area contributed by atoms with Crippen molar-refractivity contribution in [2.45, 2.75) is 26.1 Å². The first-order chi connectivity index (χ1) is 5.62.